The van der Waals surface area contributed by atoms with E-state index in [2.05, 4.69) is 46.3 Å². The molecule has 0 spiro atoms. The lowest BCUT2D eigenvalue weighted by atomic mass is 10.2. The van der Waals surface area contributed by atoms with Crippen molar-refractivity contribution >= 4 is 29.0 Å². The van der Waals surface area contributed by atoms with Gasteiger partial charge in [-0.05, 0) is 38.5 Å². The molecule has 0 saturated heterocycles. The number of hydrogen-bond acceptors (Lipinski definition) is 6. The Bertz CT molecular complexity index is 775. The van der Waals surface area contributed by atoms with Crippen molar-refractivity contribution in [1.29, 1.82) is 0 Å². The van der Waals surface area contributed by atoms with E-state index in [1.165, 1.54) is 6.92 Å². The third-order valence-corrected chi connectivity index (χ3v) is 4.13. The van der Waals surface area contributed by atoms with Gasteiger partial charge in [0.2, 0.25) is 11.9 Å². The summed E-state index contributed by atoms with van der Waals surface area (Å²) >= 11 is 0. The molecule has 0 aliphatic rings. The van der Waals surface area contributed by atoms with Crippen LogP contribution in [0.3, 0.4) is 0 Å². The number of carbonyl (C=O) groups is 1. The second-order valence-corrected chi connectivity index (χ2v) is 6.18. The predicted octanol–water partition coefficient (Wildman–Crippen LogP) is 3.99. The topological polar surface area (TPSA) is 79.4 Å². The summed E-state index contributed by atoms with van der Waals surface area (Å²) in [5.41, 5.74) is 2.37. The van der Waals surface area contributed by atoms with Crippen molar-refractivity contribution < 1.29 is 9.53 Å². The Morgan fingerprint density at radius 2 is 1.89 bits per heavy atom. The molecule has 0 unspecified atom stereocenters. The van der Waals surface area contributed by atoms with E-state index in [1.807, 2.05) is 12.1 Å². The Morgan fingerprint density at radius 1 is 1.15 bits per heavy atom. The molecule has 0 aliphatic heterocycles. The summed E-state index contributed by atoms with van der Waals surface area (Å²) in [5, 5.41) is 6.03. The first-order valence-electron chi connectivity index (χ1n) is 9.36. The number of hydrogen-bond donors (Lipinski definition) is 2. The van der Waals surface area contributed by atoms with E-state index in [0.717, 1.165) is 37.4 Å². The van der Waals surface area contributed by atoms with Crippen LogP contribution < -0.4 is 20.3 Å². The zero-order chi connectivity index (χ0) is 19.8. The average molecular weight is 371 g/mol. The van der Waals surface area contributed by atoms with E-state index in [-0.39, 0.29) is 5.91 Å². The minimum atomic E-state index is -0.129. The van der Waals surface area contributed by atoms with E-state index in [0.29, 0.717) is 23.1 Å². The minimum Gasteiger partial charge on any atom is -0.495 e. The van der Waals surface area contributed by atoms with E-state index < -0.39 is 0 Å². The number of amides is 1. The summed E-state index contributed by atoms with van der Waals surface area (Å²) in [7, 11) is 1.61. The van der Waals surface area contributed by atoms with Crippen molar-refractivity contribution in [1.82, 2.24) is 9.97 Å². The molecule has 1 aromatic carbocycles. The highest BCUT2D eigenvalue weighted by molar-refractivity contribution is 5.89. The van der Waals surface area contributed by atoms with Crippen LogP contribution in [0.4, 0.5) is 23.1 Å². The third kappa shape index (κ3) is 5.57. The number of carbonyl (C=O) groups excluding carboxylic acids is 1. The van der Waals surface area contributed by atoms with Crippen molar-refractivity contribution in [3.05, 3.63) is 30.0 Å². The number of benzene rings is 1. The standard InChI is InChI=1S/C20H29N5O2/c1-6-9-15-13-19(25(7-2)8-3)24-20(22-15)23-17-12-16(21-14(4)26)10-11-18(17)27-5/h10-13H,6-9H2,1-5H3,(H,21,26)(H,22,23,24). The zero-order valence-corrected chi connectivity index (χ0v) is 16.8. The van der Waals surface area contributed by atoms with Gasteiger partial charge in [-0.1, -0.05) is 13.3 Å². The van der Waals surface area contributed by atoms with Crippen LogP contribution in [0.25, 0.3) is 0 Å². The van der Waals surface area contributed by atoms with Crippen LogP contribution >= 0.6 is 0 Å². The number of nitrogens with one attached hydrogen (secondary N) is 2. The van der Waals surface area contributed by atoms with Crippen LogP contribution in [-0.2, 0) is 11.2 Å². The molecule has 146 valence electrons. The fraction of sp³-hybridized carbons (Fsp3) is 0.450. The quantitative estimate of drug-likeness (QED) is 0.694. The molecule has 27 heavy (non-hydrogen) atoms. The highest BCUT2D eigenvalue weighted by atomic mass is 16.5. The first kappa shape index (κ1) is 20.5. The van der Waals surface area contributed by atoms with E-state index in [4.69, 9.17) is 4.74 Å². The van der Waals surface area contributed by atoms with E-state index >= 15 is 0 Å². The van der Waals surface area contributed by atoms with Crippen molar-refractivity contribution in [2.45, 2.75) is 40.5 Å². The van der Waals surface area contributed by atoms with E-state index in [9.17, 15) is 4.79 Å². The SMILES string of the molecule is CCCc1cc(N(CC)CC)nc(Nc2cc(NC(C)=O)ccc2OC)n1. The second kappa shape index (κ2) is 9.75. The van der Waals surface area contributed by atoms with Gasteiger partial charge < -0.3 is 20.3 Å². The molecule has 0 atom stereocenters. The molecule has 0 aliphatic carbocycles. The van der Waals surface area contributed by atoms with Crippen molar-refractivity contribution in [3.63, 3.8) is 0 Å². The molecule has 2 aromatic rings. The molecule has 2 rings (SSSR count). The molecule has 0 radical (unpaired) electrons. The van der Waals surface area contributed by atoms with Crippen LogP contribution in [0, 0.1) is 0 Å². The van der Waals surface area contributed by atoms with Crippen molar-refractivity contribution in [3.8, 4) is 5.75 Å². The van der Waals surface area contributed by atoms with Crippen molar-refractivity contribution in [2.24, 2.45) is 0 Å². The fourth-order valence-corrected chi connectivity index (χ4v) is 2.84. The fourth-order valence-electron chi connectivity index (χ4n) is 2.84. The number of anilines is 4. The summed E-state index contributed by atoms with van der Waals surface area (Å²) < 4.78 is 5.43. The highest BCUT2D eigenvalue weighted by Crippen LogP contribution is 2.30. The van der Waals surface area contributed by atoms with Gasteiger partial charge in [-0.25, -0.2) is 4.98 Å². The molecular weight excluding hydrogens is 342 g/mol. The van der Waals surface area contributed by atoms with Gasteiger partial charge in [0.25, 0.3) is 0 Å². The molecule has 1 heterocycles. The first-order chi connectivity index (χ1) is 13.0. The Balaban J connectivity index is 2.41. The maximum atomic E-state index is 11.3. The molecule has 7 nitrogen and oxygen atoms in total. The van der Waals surface area contributed by atoms with Gasteiger partial charge in [0, 0.05) is 37.5 Å². The Labute approximate surface area is 161 Å². The molecule has 0 fully saturated rings. The predicted molar refractivity (Wildman–Crippen MR) is 110 cm³/mol. The van der Waals surface area contributed by atoms with Crippen LogP contribution in [0.1, 0.15) is 39.8 Å². The monoisotopic (exact) mass is 371 g/mol. The number of ether oxygens (including phenoxy) is 1. The van der Waals surface area contributed by atoms with Gasteiger partial charge in [-0.2, -0.15) is 4.98 Å². The Kier molecular flexibility index (Phi) is 7.40. The molecule has 0 saturated carbocycles. The second-order valence-electron chi connectivity index (χ2n) is 6.18. The average Bonchev–Trinajstić information content (AvgIpc) is 2.63. The molecular formula is C20H29N5O2. The van der Waals surface area contributed by atoms with Gasteiger partial charge >= 0.3 is 0 Å². The normalized spacial score (nSPS) is 10.4. The van der Waals surface area contributed by atoms with Gasteiger partial charge in [0.05, 0.1) is 12.8 Å². The smallest absolute Gasteiger partial charge is 0.229 e. The highest BCUT2D eigenvalue weighted by Gasteiger charge is 2.12. The number of aromatic nitrogens is 2. The van der Waals surface area contributed by atoms with Crippen LogP contribution in [-0.4, -0.2) is 36.1 Å². The maximum absolute atomic E-state index is 11.3. The molecule has 0 bridgehead atoms. The lowest BCUT2D eigenvalue weighted by Crippen LogP contribution is -2.23. The molecule has 2 N–H and O–H groups in total. The summed E-state index contributed by atoms with van der Waals surface area (Å²) in [6.07, 6.45) is 1.89. The first-order valence-corrected chi connectivity index (χ1v) is 9.36. The minimum absolute atomic E-state index is 0.129. The lowest BCUT2D eigenvalue weighted by Gasteiger charge is -2.21. The maximum Gasteiger partial charge on any atom is 0.229 e. The largest absolute Gasteiger partial charge is 0.495 e. The molecule has 7 heteroatoms. The number of rotatable bonds is 9. The van der Waals surface area contributed by atoms with Gasteiger partial charge in [-0.3, -0.25) is 4.79 Å². The zero-order valence-electron chi connectivity index (χ0n) is 16.8. The lowest BCUT2D eigenvalue weighted by molar-refractivity contribution is -0.114. The van der Waals surface area contributed by atoms with Crippen molar-refractivity contribution in [2.75, 3.05) is 35.7 Å². The summed E-state index contributed by atoms with van der Waals surface area (Å²) in [6, 6.07) is 7.45. The van der Waals surface area contributed by atoms with Gasteiger partial charge in [0.1, 0.15) is 11.6 Å². The van der Waals surface area contributed by atoms with Gasteiger partial charge in [0.15, 0.2) is 0 Å². The number of aryl methyl sites for hydroxylation is 1. The molecule has 1 amide bonds. The Hall–Kier alpha value is -2.83. The van der Waals surface area contributed by atoms with Crippen LogP contribution in [0.5, 0.6) is 5.75 Å². The van der Waals surface area contributed by atoms with E-state index in [1.54, 1.807) is 19.2 Å². The summed E-state index contributed by atoms with van der Waals surface area (Å²) in [6.45, 7) is 9.58. The number of nitrogens with zero attached hydrogens (tertiary/aromatic N) is 3. The molecule has 1 aromatic heterocycles. The Morgan fingerprint density at radius 3 is 2.48 bits per heavy atom. The number of methoxy groups -OCH3 is 1. The summed E-state index contributed by atoms with van der Waals surface area (Å²) in [4.78, 5) is 22.9. The van der Waals surface area contributed by atoms with Crippen LogP contribution in [0.2, 0.25) is 0 Å². The summed E-state index contributed by atoms with van der Waals surface area (Å²) in [5.74, 6) is 1.94. The van der Waals surface area contributed by atoms with Crippen LogP contribution in [0.15, 0.2) is 24.3 Å². The van der Waals surface area contributed by atoms with Gasteiger partial charge in [-0.15, -0.1) is 0 Å². The third-order valence-electron chi connectivity index (χ3n) is 4.13.